The van der Waals surface area contributed by atoms with E-state index in [1.165, 1.54) is 60.5 Å². The minimum absolute atomic E-state index is 0. The van der Waals surface area contributed by atoms with Crippen LogP contribution in [0.2, 0.25) is 0 Å². The van der Waals surface area contributed by atoms with Crippen molar-refractivity contribution in [1.29, 1.82) is 0 Å². The number of hydrogen-bond donors (Lipinski definition) is 0. The van der Waals surface area contributed by atoms with Crippen LogP contribution in [0.1, 0.15) is 48.6 Å². The smallest absolute Gasteiger partial charge is 0.135 e. The molecule has 2 aliphatic rings. The molecule has 0 unspecified atom stereocenters. The molecule has 0 saturated carbocycles. The Morgan fingerprint density at radius 1 is 0.458 bits per heavy atom. The van der Waals surface area contributed by atoms with E-state index < -0.39 is 5.41 Å². The molecule has 0 atom stereocenters. The maximum Gasteiger partial charge on any atom is 0.135 e. The van der Waals surface area contributed by atoms with Crippen LogP contribution in [0, 0.1) is 18.8 Å². The second-order valence-corrected chi connectivity index (χ2v) is 22.7. The van der Waals surface area contributed by atoms with E-state index >= 15 is 0 Å². The quantitative estimate of drug-likeness (QED) is 0.149. The summed E-state index contributed by atoms with van der Waals surface area (Å²) < 4.78 is 11.5. The first-order valence-electron chi connectivity index (χ1n) is 28.2. The van der Waals surface area contributed by atoms with Gasteiger partial charge in [0.15, 0.2) is 0 Å². The molecule has 0 fully saturated rings. The molecule has 16 rings (SSSR count). The van der Waals surface area contributed by atoms with E-state index in [1.807, 2.05) is 18.3 Å². The van der Waals surface area contributed by atoms with E-state index in [4.69, 9.17) is 9.72 Å². The molecule has 1 aliphatic carbocycles. The number of para-hydroxylation sites is 3. The zero-order chi connectivity index (χ0) is 54.7. The first-order valence-corrected chi connectivity index (χ1v) is 28.2. The molecule has 1 aliphatic heterocycles. The van der Waals surface area contributed by atoms with Crippen molar-refractivity contribution in [1.82, 2.24) is 14.1 Å². The molecule has 11 aromatic carbocycles. The van der Waals surface area contributed by atoms with Gasteiger partial charge in [0.05, 0.1) is 5.41 Å². The number of pyridine rings is 1. The van der Waals surface area contributed by atoms with Crippen LogP contribution >= 0.6 is 0 Å². The van der Waals surface area contributed by atoms with Crippen molar-refractivity contribution in [2.75, 3.05) is 4.90 Å². The van der Waals surface area contributed by atoms with Gasteiger partial charge in [-0.2, -0.15) is 12.1 Å². The summed E-state index contributed by atoms with van der Waals surface area (Å²) in [4.78, 5) is 7.19. The predicted molar refractivity (Wildman–Crippen MR) is 338 cm³/mol. The average molecular weight is 1250 g/mol. The molecule has 0 radical (unpaired) electrons. The monoisotopic (exact) mass is 1240 g/mol. The van der Waals surface area contributed by atoms with Gasteiger partial charge in [-0.3, -0.25) is 0 Å². The van der Waals surface area contributed by atoms with Gasteiger partial charge in [0.2, 0.25) is 0 Å². The Morgan fingerprint density at radius 3 is 1.76 bits per heavy atom. The van der Waals surface area contributed by atoms with Gasteiger partial charge in [-0.15, -0.1) is 35.7 Å². The summed E-state index contributed by atoms with van der Waals surface area (Å²) in [5, 5.41) is 9.19. The van der Waals surface area contributed by atoms with E-state index in [0.29, 0.717) is 11.5 Å². The van der Waals surface area contributed by atoms with Gasteiger partial charge in [0.25, 0.3) is 0 Å². The van der Waals surface area contributed by atoms with Crippen molar-refractivity contribution >= 4 is 76.5 Å². The molecule has 5 nitrogen and oxygen atoms in total. The van der Waals surface area contributed by atoms with Crippen molar-refractivity contribution in [2.45, 2.75) is 31.6 Å². The molecule has 4 heterocycles. The molecule has 0 spiro atoms. The van der Waals surface area contributed by atoms with E-state index in [-0.39, 0.29) is 26.5 Å². The third-order valence-electron chi connectivity index (χ3n) is 17.1. The minimum Gasteiger partial charge on any atom is -0.509 e. The van der Waals surface area contributed by atoms with Gasteiger partial charge in [-0.1, -0.05) is 226 Å². The number of fused-ring (bicyclic) bond motifs is 13. The second-order valence-electron chi connectivity index (χ2n) is 22.7. The molecular weight excluding hydrogens is 1190 g/mol. The molecule has 83 heavy (non-hydrogen) atoms. The van der Waals surface area contributed by atoms with Crippen LogP contribution in [0.5, 0.6) is 11.5 Å². The van der Waals surface area contributed by atoms with Crippen LogP contribution in [0.4, 0.5) is 11.4 Å². The Bertz CT molecular complexity index is 4950. The topological polar surface area (TPSA) is 35.2 Å². The van der Waals surface area contributed by atoms with Crippen LogP contribution < -0.4 is 9.64 Å². The Labute approximate surface area is 496 Å². The zero-order valence-electron chi connectivity index (χ0n) is 45.9. The number of aromatic nitrogens is 3. The van der Waals surface area contributed by atoms with Crippen LogP contribution in [0.25, 0.3) is 93.2 Å². The summed E-state index contributed by atoms with van der Waals surface area (Å²) in [6, 6.07) is 100. The van der Waals surface area contributed by atoms with Crippen LogP contribution in [0.15, 0.2) is 261 Å². The summed E-state index contributed by atoms with van der Waals surface area (Å²) in [6.07, 6.45) is 1.91. The number of benzene rings is 11. The van der Waals surface area contributed by atoms with E-state index in [9.17, 15) is 0 Å². The van der Waals surface area contributed by atoms with Crippen LogP contribution in [-0.2, 0) is 31.9 Å². The van der Waals surface area contributed by atoms with E-state index in [2.05, 4.69) is 296 Å². The third kappa shape index (κ3) is 7.79. The van der Waals surface area contributed by atoms with Crippen LogP contribution in [0.3, 0.4) is 0 Å². The van der Waals surface area contributed by atoms with Gasteiger partial charge in [0, 0.05) is 50.0 Å². The van der Waals surface area contributed by atoms with Crippen molar-refractivity contribution in [3.05, 3.63) is 308 Å². The zero-order valence-corrected chi connectivity index (χ0v) is 48.2. The van der Waals surface area contributed by atoms with Gasteiger partial charge >= 0.3 is 0 Å². The minimum atomic E-state index is -0.506. The maximum atomic E-state index is 6.84. The van der Waals surface area contributed by atoms with Crippen molar-refractivity contribution in [2.24, 2.45) is 0 Å². The van der Waals surface area contributed by atoms with Crippen molar-refractivity contribution in [3.63, 3.8) is 0 Å². The average Bonchev–Trinajstić information content (AvgIpc) is 2.55. The fourth-order valence-electron chi connectivity index (χ4n) is 13.5. The molecular formula is C77H53N4OPt-3. The first kappa shape index (κ1) is 50.3. The van der Waals surface area contributed by atoms with E-state index in [0.717, 1.165) is 71.9 Å². The normalized spacial score (nSPS) is 13.1. The Balaban J connectivity index is 0.00000588. The molecule has 0 saturated heterocycles. The van der Waals surface area contributed by atoms with Crippen molar-refractivity contribution in [3.8, 4) is 39.6 Å². The SMILES string of the molecule is CC(C)(C)c1ccnc(-n2c3[c-]c(Oc4[c-]c(N5[CH-]n6c7c(-c8ccc9c(c8)-c8ccccc8C9(c8ccccc8)c8ccccc8)cccc7c7ccccc7c7ccccc7c7cccc5c76)ccc4)ccc3c3ccccc32)c1.[Pt]. The number of nitrogens with zero attached hydrogens (tertiary/aromatic N) is 4. The fraction of sp³-hybridized carbons (Fsp3) is 0.0649. The Hall–Kier alpha value is -9.67. The third-order valence-corrected chi connectivity index (χ3v) is 17.1. The Morgan fingerprint density at radius 2 is 1.04 bits per heavy atom. The number of hydrogen-bond acceptors (Lipinski definition) is 3. The second kappa shape index (κ2) is 19.5. The van der Waals surface area contributed by atoms with E-state index in [1.54, 1.807) is 0 Å². The largest absolute Gasteiger partial charge is 0.509 e. The molecule has 0 bridgehead atoms. The number of anilines is 2. The summed E-state index contributed by atoms with van der Waals surface area (Å²) in [5.74, 6) is 2.01. The summed E-state index contributed by atoms with van der Waals surface area (Å²) in [7, 11) is 0. The van der Waals surface area contributed by atoms with Gasteiger partial charge in [0.1, 0.15) is 5.82 Å². The number of rotatable bonds is 7. The van der Waals surface area contributed by atoms with Gasteiger partial charge in [-0.05, 0) is 141 Å². The van der Waals surface area contributed by atoms with Crippen LogP contribution in [-0.4, -0.2) is 14.1 Å². The van der Waals surface area contributed by atoms with Crippen molar-refractivity contribution < 1.29 is 25.8 Å². The molecule has 3 aromatic heterocycles. The first-order chi connectivity index (χ1) is 40.3. The fourth-order valence-corrected chi connectivity index (χ4v) is 13.5. The molecule has 0 N–H and O–H groups in total. The predicted octanol–water partition coefficient (Wildman–Crippen LogP) is 19.6. The standard InChI is InChI=1S/C77H53N4O.Pt/c1-76(2,3)53-43-44-78-73(46-53)81-70-37-17-15-32-63(70)64-41-40-56(48-72(64)81)82-55-26-18-25-54(47-55)79-49-80-74-57(33-19-34-65(74)60-29-12-10-27-58(60)59-28-11-13-30-61(59)66-35-20-38-71(79)75(66)80)50-39-42-69-67(45-50)62-31-14-16-36-68(62)77(69,51-21-6-4-7-22-51)52-23-8-5-9-24-52;/h4-46,49H,1-3H3;/q-3;. The van der Waals surface area contributed by atoms with Gasteiger partial charge in [-0.25, -0.2) is 4.98 Å². The summed E-state index contributed by atoms with van der Waals surface area (Å²) in [6.45, 7) is 8.96. The van der Waals surface area contributed by atoms with Gasteiger partial charge < -0.3 is 18.8 Å². The summed E-state index contributed by atoms with van der Waals surface area (Å²) >= 11 is 0. The Kier molecular flexibility index (Phi) is 11.8. The molecule has 0 amide bonds. The maximum absolute atomic E-state index is 6.84. The molecule has 14 aromatic rings. The molecule has 6 heteroatoms. The molecule has 400 valence electrons. The number of ether oxygens (including phenoxy) is 1. The summed E-state index contributed by atoms with van der Waals surface area (Å²) in [5.41, 5.74) is 16.5.